The van der Waals surface area contributed by atoms with Gasteiger partial charge in [0.05, 0.1) is 0 Å². The minimum Gasteiger partial charge on any atom is -0.290 e. The molecule has 0 aliphatic rings. The lowest BCUT2D eigenvalue weighted by molar-refractivity contribution is -0.110. The maximum atomic E-state index is 11.6. The van der Waals surface area contributed by atoms with Gasteiger partial charge in [-0.15, -0.1) is 0 Å². The molecule has 2 aromatic carbocycles. The standard InChI is InChI=1S/C17H14O/c18-17(13-11-15-7-3-1-4-8-15)14-12-16-9-5-2-6-10-16/h1-14H/b13-11-,14-12-. The molecular formula is C17H14O. The van der Waals surface area contributed by atoms with Crippen molar-refractivity contribution in [2.75, 3.05) is 0 Å². The summed E-state index contributed by atoms with van der Waals surface area (Å²) in [7, 11) is 0. The van der Waals surface area contributed by atoms with Gasteiger partial charge in [-0.25, -0.2) is 0 Å². The van der Waals surface area contributed by atoms with Gasteiger partial charge in [0.2, 0.25) is 0 Å². The topological polar surface area (TPSA) is 17.1 Å². The zero-order valence-corrected chi connectivity index (χ0v) is 9.99. The quantitative estimate of drug-likeness (QED) is 0.731. The Morgan fingerprint density at radius 1 is 0.667 bits per heavy atom. The summed E-state index contributed by atoms with van der Waals surface area (Å²) in [5.41, 5.74) is 2.05. The number of allylic oxidation sites excluding steroid dienone is 2. The summed E-state index contributed by atoms with van der Waals surface area (Å²) < 4.78 is 0. The van der Waals surface area contributed by atoms with Gasteiger partial charge in [0.25, 0.3) is 0 Å². The number of rotatable bonds is 4. The van der Waals surface area contributed by atoms with Gasteiger partial charge in [-0.3, -0.25) is 4.79 Å². The lowest BCUT2D eigenvalue weighted by Gasteiger charge is -1.91. The monoisotopic (exact) mass is 234 g/mol. The highest BCUT2D eigenvalue weighted by atomic mass is 16.1. The second-order valence-electron chi connectivity index (χ2n) is 3.89. The maximum absolute atomic E-state index is 11.6. The molecule has 0 radical (unpaired) electrons. The fourth-order valence-corrected chi connectivity index (χ4v) is 1.54. The maximum Gasteiger partial charge on any atom is 0.178 e. The van der Waals surface area contributed by atoms with Crippen LogP contribution in [0.5, 0.6) is 0 Å². The zero-order valence-electron chi connectivity index (χ0n) is 9.99. The van der Waals surface area contributed by atoms with Crippen LogP contribution in [-0.4, -0.2) is 5.78 Å². The average Bonchev–Trinajstić information content (AvgIpc) is 2.45. The molecule has 88 valence electrons. The first-order valence-electron chi connectivity index (χ1n) is 5.85. The van der Waals surface area contributed by atoms with Gasteiger partial charge in [0, 0.05) is 0 Å². The van der Waals surface area contributed by atoms with Gasteiger partial charge in [-0.2, -0.15) is 0 Å². The number of carbonyl (C=O) groups excluding carboxylic acids is 1. The number of hydrogen-bond donors (Lipinski definition) is 0. The minimum atomic E-state index is -0.0114. The van der Waals surface area contributed by atoms with Crippen LogP contribution in [0, 0.1) is 0 Å². The van der Waals surface area contributed by atoms with Crippen LogP contribution in [0.1, 0.15) is 11.1 Å². The summed E-state index contributed by atoms with van der Waals surface area (Å²) >= 11 is 0. The van der Waals surface area contributed by atoms with Crippen molar-refractivity contribution in [2.45, 2.75) is 0 Å². The van der Waals surface area contributed by atoms with E-state index >= 15 is 0 Å². The third-order valence-corrected chi connectivity index (χ3v) is 2.48. The van der Waals surface area contributed by atoms with E-state index in [0.717, 1.165) is 11.1 Å². The van der Waals surface area contributed by atoms with Crippen molar-refractivity contribution in [1.82, 2.24) is 0 Å². The van der Waals surface area contributed by atoms with E-state index in [9.17, 15) is 4.79 Å². The molecule has 0 saturated carbocycles. The highest BCUT2D eigenvalue weighted by molar-refractivity contribution is 6.04. The summed E-state index contributed by atoms with van der Waals surface area (Å²) in [5, 5.41) is 0. The molecule has 0 aliphatic heterocycles. The Kier molecular flexibility index (Phi) is 4.26. The van der Waals surface area contributed by atoms with Gasteiger partial charge >= 0.3 is 0 Å². The van der Waals surface area contributed by atoms with Gasteiger partial charge in [0.1, 0.15) is 0 Å². The normalized spacial score (nSPS) is 11.1. The molecule has 0 N–H and O–H groups in total. The fraction of sp³-hybridized carbons (Fsp3) is 0. The molecule has 0 fully saturated rings. The van der Waals surface area contributed by atoms with Crippen molar-refractivity contribution in [1.29, 1.82) is 0 Å². The Morgan fingerprint density at radius 3 is 1.44 bits per heavy atom. The highest BCUT2D eigenvalue weighted by Crippen LogP contribution is 2.03. The fourth-order valence-electron chi connectivity index (χ4n) is 1.54. The van der Waals surface area contributed by atoms with Crippen LogP contribution in [0.3, 0.4) is 0 Å². The highest BCUT2D eigenvalue weighted by Gasteiger charge is 1.90. The molecule has 0 heterocycles. The molecule has 2 aromatic rings. The van der Waals surface area contributed by atoms with Crippen LogP contribution < -0.4 is 0 Å². The lowest BCUT2D eigenvalue weighted by Crippen LogP contribution is -1.84. The van der Waals surface area contributed by atoms with Gasteiger partial charge in [0.15, 0.2) is 5.78 Å². The molecule has 1 heteroatoms. The summed E-state index contributed by atoms with van der Waals surface area (Å²) in [6.07, 6.45) is 6.79. The van der Waals surface area contributed by atoms with E-state index in [1.54, 1.807) is 12.2 Å². The number of carbonyl (C=O) groups is 1. The smallest absolute Gasteiger partial charge is 0.178 e. The molecule has 0 aromatic heterocycles. The Bertz CT molecular complexity index is 499. The van der Waals surface area contributed by atoms with Crippen LogP contribution in [0.2, 0.25) is 0 Å². The van der Waals surface area contributed by atoms with E-state index in [-0.39, 0.29) is 5.78 Å². The number of ketones is 1. The molecule has 0 unspecified atom stereocenters. The molecular weight excluding hydrogens is 220 g/mol. The second-order valence-corrected chi connectivity index (χ2v) is 3.89. The summed E-state index contributed by atoms with van der Waals surface area (Å²) in [4.78, 5) is 11.6. The van der Waals surface area contributed by atoms with Gasteiger partial charge in [-0.05, 0) is 23.3 Å². The van der Waals surface area contributed by atoms with E-state index in [0.29, 0.717) is 0 Å². The third kappa shape index (κ3) is 3.87. The first-order chi connectivity index (χ1) is 8.84. The molecule has 0 bridgehead atoms. The van der Waals surface area contributed by atoms with Gasteiger partial charge < -0.3 is 0 Å². The largest absolute Gasteiger partial charge is 0.290 e. The van der Waals surface area contributed by atoms with Crippen molar-refractivity contribution in [3.63, 3.8) is 0 Å². The lowest BCUT2D eigenvalue weighted by atomic mass is 10.1. The first-order valence-corrected chi connectivity index (χ1v) is 5.85. The second kappa shape index (κ2) is 6.36. The molecule has 2 rings (SSSR count). The predicted molar refractivity (Wildman–Crippen MR) is 76.0 cm³/mol. The van der Waals surface area contributed by atoms with E-state index in [2.05, 4.69) is 0 Å². The van der Waals surface area contributed by atoms with E-state index in [4.69, 9.17) is 0 Å². The van der Waals surface area contributed by atoms with Gasteiger partial charge in [-0.1, -0.05) is 72.8 Å². The first kappa shape index (κ1) is 12.1. The summed E-state index contributed by atoms with van der Waals surface area (Å²) in [5.74, 6) is -0.0114. The van der Waals surface area contributed by atoms with Crippen molar-refractivity contribution in [3.05, 3.63) is 83.9 Å². The van der Waals surface area contributed by atoms with Crippen molar-refractivity contribution in [2.24, 2.45) is 0 Å². The van der Waals surface area contributed by atoms with Crippen LogP contribution in [0.4, 0.5) is 0 Å². The summed E-state index contributed by atoms with van der Waals surface area (Å²) in [6, 6.07) is 19.6. The van der Waals surface area contributed by atoms with E-state index < -0.39 is 0 Å². The molecule has 0 saturated heterocycles. The summed E-state index contributed by atoms with van der Waals surface area (Å²) in [6.45, 7) is 0. The SMILES string of the molecule is O=C(/C=C\c1ccccc1)/C=C\c1ccccc1. The third-order valence-electron chi connectivity index (χ3n) is 2.48. The molecule has 0 atom stereocenters. The van der Waals surface area contributed by atoms with E-state index in [1.165, 1.54) is 0 Å². The number of hydrogen-bond acceptors (Lipinski definition) is 1. The van der Waals surface area contributed by atoms with Crippen LogP contribution in [-0.2, 0) is 4.79 Å². The Hall–Kier alpha value is -2.41. The Balaban J connectivity index is 1.97. The molecule has 0 spiro atoms. The predicted octanol–water partition coefficient (Wildman–Crippen LogP) is 3.98. The van der Waals surface area contributed by atoms with Crippen molar-refractivity contribution < 1.29 is 4.79 Å². The van der Waals surface area contributed by atoms with Crippen LogP contribution >= 0.6 is 0 Å². The Morgan fingerprint density at radius 2 is 1.06 bits per heavy atom. The zero-order chi connectivity index (χ0) is 12.6. The Labute approximate surface area is 107 Å². The van der Waals surface area contributed by atoms with Crippen LogP contribution in [0.25, 0.3) is 12.2 Å². The number of benzene rings is 2. The minimum absolute atomic E-state index is 0.0114. The average molecular weight is 234 g/mol. The van der Waals surface area contributed by atoms with E-state index in [1.807, 2.05) is 72.8 Å². The van der Waals surface area contributed by atoms with Crippen molar-refractivity contribution in [3.8, 4) is 0 Å². The molecule has 0 aliphatic carbocycles. The molecule has 1 nitrogen and oxygen atoms in total. The van der Waals surface area contributed by atoms with Crippen molar-refractivity contribution >= 4 is 17.9 Å². The molecule has 0 amide bonds. The molecule has 18 heavy (non-hydrogen) atoms. The van der Waals surface area contributed by atoms with Crippen LogP contribution in [0.15, 0.2) is 72.8 Å².